The van der Waals surface area contributed by atoms with E-state index in [2.05, 4.69) is 22.0 Å². The fourth-order valence-corrected chi connectivity index (χ4v) is 5.45. The zero-order valence-electron chi connectivity index (χ0n) is 11.3. The lowest BCUT2D eigenvalue weighted by atomic mass is 10.1. The maximum absolute atomic E-state index is 7.41. The average molecular weight is 334 g/mol. The third-order valence-corrected chi connectivity index (χ3v) is 6.38. The van der Waals surface area contributed by atoms with Crippen LogP contribution in [0, 0.1) is 13.5 Å². The molecule has 106 valence electrons. The monoisotopic (exact) mass is 333 g/mol. The molecule has 1 aliphatic heterocycles. The molecule has 2 heterocycles. The van der Waals surface area contributed by atoms with E-state index >= 15 is 0 Å². The maximum Gasteiger partial charge on any atom is 0.255 e. The van der Waals surface area contributed by atoms with Crippen molar-refractivity contribution in [3.63, 3.8) is 0 Å². The molecule has 2 aromatic rings. The summed E-state index contributed by atoms with van der Waals surface area (Å²) < 4.78 is 2.80. The Morgan fingerprint density at radius 3 is 3.05 bits per heavy atom. The number of rotatable bonds is 2. The van der Waals surface area contributed by atoms with Gasteiger partial charge in [0.15, 0.2) is 6.33 Å². The molecule has 3 rings (SSSR count). The van der Waals surface area contributed by atoms with Gasteiger partial charge in [-0.15, -0.1) is 23.5 Å². The standard InChI is InChI=1S/C15H12ClN3S2/c1-10-3-4-11(12(16)7-10)13-8-20-15(21-13)14(17-2)19-6-5-18-9-19/h3-7,9,13H,8H2,1H3/b15-14+. The van der Waals surface area contributed by atoms with Crippen molar-refractivity contribution in [1.29, 1.82) is 0 Å². The minimum absolute atomic E-state index is 0.290. The number of halogens is 1. The first-order valence-electron chi connectivity index (χ1n) is 6.34. The Kier molecular flexibility index (Phi) is 4.29. The predicted molar refractivity (Wildman–Crippen MR) is 91.0 cm³/mol. The van der Waals surface area contributed by atoms with Crippen molar-refractivity contribution in [3.8, 4) is 0 Å². The molecule has 1 aliphatic rings. The molecule has 1 aromatic carbocycles. The van der Waals surface area contributed by atoms with Crippen molar-refractivity contribution in [2.45, 2.75) is 12.2 Å². The normalized spacial score (nSPS) is 20.3. The van der Waals surface area contributed by atoms with Gasteiger partial charge in [-0.1, -0.05) is 30.3 Å². The van der Waals surface area contributed by atoms with Crippen LogP contribution in [0.1, 0.15) is 16.4 Å². The van der Waals surface area contributed by atoms with E-state index in [-0.39, 0.29) is 0 Å². The van der Waals surface area contributed by atoms with Crippen LogP contribution in [-0.2, 0) is 0 Å². The summed E-state index contributed by atoms with van der Waals surface area (Å²) in [6, 6.07) is 6.17. The van der Waals surface area contributed by atoms with E-state index in [9.17, 15) is 0 Å². The molecule has 0 bridgehead atoms. The van der Waals surface area contributed by atoms with E-state index in [0.29, 0.717) is 11.1 Å². The molecule has 21 heavy (non-hydrogen) atoms. The second-order valence-corrected chi connectivity index (χ2v) is 7.54. The van der Waals surface area contributed by atoms with Gasteiger partial charge in [0.05, 0.1) is 16.6 Å². The van der Waals surface area contributed by atoms with Crippen molar-refractivity contribution < 1.29 is 0 Å². The van der Waals surface area contributed by atoms with Gasteiger partial charge in [-0.2, -0.15) is 0 Å². The van der Waals surface area contributed by atoms with Crippen molar-refractivity contribution in [1.82, 2.24) is 9.55 Å². The number of thioether (sulfide) groups is 2. The summed E-state index contributed by atoms with van der Waals surface area (Å²) in [5, 5.41) is 1.10. The fourth-order valence-electron chi connectivity index (χ4n) is 2.11. The molecule has 0 radical (unpaired) electrons. The minimum atomic E-state index is 0.290. The zero-order valence-corrected chi connectivity index (χ0v) is 13.7. The lowest BCUT2D eigenvalue weighted by Crippen LogP contribution is -1.93. The average Bonchev–Trinajstić information content (AvgIpc) is 3.12. The van der Waals surface area contributed by atoms with Crippen LogP contribution in [0.2, 0.25) is 5.02 Å². The summed E-state index contributed by atoms with van der Waals surface area (Å²) >= 11 is 9.78. The number of nitrogens with zero attached hydrogens (tertiary/aromatic N) is 3. The molecule has 1 aromatic heterocycles. The molecule has 1 fully saturated rings. The third kappa shape index (κ3) is 2.98. The Balaban J connectivity index is 1.90. The molecule has 1 unspecified atom stereocenters. The van der Waals surface area contributed by atoms with Gasteiger partial charge >= 0.3 is 0 Å². The van der Waals surface area contributed by atoms with E-state index in [1.807, 2.05) is 13.0 Å². The summed E-state index contributed by atoms with van der Waals surface area (Å²) in [5.74, 6) is 1.55. The molecule has 0 N–H and O–H groups in total. The van der Waals surface area contributed by atoms with Gasteiger partial charge in [0.1, 0.15) is 0 Å². The summed E-state index contributed by atoms with van der Waals surface area (Å²) in [7, 11) is 0. The van der Waals surface area contributed by atoms with Gasteiger partial charge in [0, 0.05) is 16.0 Å². The van der Waals surface area contributed by atoms with Gasteiger partial charge in [-0.05, 0) is 24.1 Å². The third-order valence-electron chi connectivity index (χ3n) is 3.16. The predicted octanol–water partition coefficient (Wildman–Crippen LogP) is 5.07. The number of imidazole rings is 1. The fraction of sp³-hybridized carbons (Fsp3) is 0.200. The van der Waals surface area contributed by atoms with Gasteiger partial charge in [0.25, 0.3) is 5.82 Å². The molecule has 0 spiro atoms. The lowest BCUT2D eigenvalue weighted by Gasteiger charge is -2.11. The van der Waals surface area contributed by atoms with Crippen LogP contribution in [0.4, 0.5) is 0 Å². The van der Waals surface area contributed by atoms with Crippen LogP contribution in [0.5, 0.6) is 0 Å². The lowest BCUT2D eigenvalue weighted by molar-refractivity contribution is 1.10. The number of benzene rings is 1. The molecule has 3 nitrogen and oxygen atoms in total. The zero-order chi connectivity index (χ0) is 14.8. The molecular weight excluding hydrogens is 322 g/mol. The van der Waals surface area contributed by atoms with Gasteiger partial charge < -0.3 is 4.85 Å². The Hall–Kier alpha value is -1.35. The van der Waals surface area contributed by atoms with Crippen molar-refractivity contribution in [3.05, 3.63) is 68.7 Å². The Morgan fingerprint density at radius 1 is 1.52 bits per heavy atom. The molecule has 0 amide bonds. The molecule has 0 aliphatic carbocycles. The van der Waals surface area contributed by atoms with Crippen LogP contribution >= 0.6 is 35.1 Å². The summed E-state index contributed by atoms with van der Waals surface area (Å²) in [5.41, 5.74) is 2.31. The van der Waals surface area contributed by atoms with Crippen LogP contribution in [-0.4, -0.2) is 15.3 Å². The Morgan fingerprint density at radius 2 is 2.38 bits per heavy atom. The highest BCUT2D eigenvalue weighted by Crippen LogP contribution is 2.53. The first-order valence-corrected chi connectivity index (χ1v) is 8.59. The first-order chi connectivity index (χ1) is 10.2. The first kappa shape index (κ1) is 14.6. The summed E-state index contributed by atoms with van der Waals surface area (Å²) in [6.07, 6.45) is 5.14. The van der Waals surface area contributed by atoms with Crippen LogP contribution in [0.25, 0.3) is 10.7 Å². The topological polar surface area (TPSA) is 22.2 Å². The van der Waals surface area contributed by atoms with Crippen molar-refractivity contribution in [2.75, 3.05) is 5.75 Å². The van der Waals surface area contributed by atoms with Crippen molar-refractivity contribution >= 4 is 40.9 Å². The van der Waals surface area contributed by atoms with Gasteiger partial charge in [-0.25, -0.2) is 4.98 Å². The highest BCUT2D eigenvalue weighted by molar-refractivity contribution is 8.25. The van der Waals surface area contributed by atoms with Crippen molar-refractivity contribution in [2.24, 2.45) is 0 Å². The highest BCUT2D eigenvalue weighted by Gasteiger charge is 2.27. The second-order valence-electron chi connectivity index (χ2n) is 4.64. The Bertz CT molecular complexity index is 732. The largest absolute Gasteiger partial charge is 0.362 e. The summed E-state index contributed by atoms with van der Waals surface area (Å²) in [6.45, 7) is 9.44. The van der Waals surface area contributed by atoms with E-state index in [4.69, 9.17) is 18.2 Å². The molecule has 1 saturated heterocycles. The number of hydrogen-bond donors (Lipinski definition) is 0. The quantitative estimate of drug-likeness (QED) is 0.716. The highest BCUT2D eigenvalue weighted by atomic mass is 35.5. The van der Waals surface area contributed by atoms with Gasteiger partial charge in [-0.3, -0.25) is 4.57 Å². The van der Waals surface area contributed by atoms with Crippen LogP contribution < -0.4 is 0 Å². The summed E-state index contributed by atoms with van der Waals surface area (Å²) in [4.78, 5) is 7.66. The van der Waals surface area contributed by atoms with E-state index < -0.39 is 0 Å². The second kappa shape index (κ2) is 6.18. The number of aryl methyl sites for hydroxylation is 1. The van der Waals surface area contributed by atoms with E-state index in [1.165, 1.54) is 0 Å². The molecular formula is C15H12ClN3S2. The van der Waals surface area contributed by atoms with Crippen LogP contribution in [0.3, 0.4) is 0 Å². The molecule has 0 saturated carbocycles. The van der Waals surface area contributed by atoms with E-state index in [0.717, 1.165) is 26.1 Å². The smallest absolute Gasteiger partial charge is 0.255 e. The van der Waals surface area contributed by atoms with E-state index in [1.54, 1.807) is 46.8 Å². The van der Waals surface area contributed by atoms with Gasteiger partial charge in [0.2, 0.25) is 0 Å². The maximum atomic E-state index is 7.41. The van der Waals surface area contributed by atoms with Crippen LogP contribution in [0.15, 0.2) is 41.2 Å². The molecule has 1 atom stereocenters. The number of hydrogen-bond acceptors (Lipinski definition) is 3. The Labute approximate surface area is 137 Å². The SMILES string of the molecule is [C-]#[N+]/C(=C1/SCC(c2ccc(C)cc2Cl)S1)n1ccnc1. The number of aromatic nitrogens is 2. The molecule has 6 heteroatoms. The minimum Gasteiger partial charge on any atom is -0.362 e.